The molecule has 0 unspecified atom stereocenters. The van der Waals surface area contributed by atoms with Gasteiger partial charge >= 0.3 is 6.18 Å². The van der Waals surface area contributed by atoms with Crippen LogP contribution in [0.4, 0.5) is 19.0 Å². The molecule has 3 nitrogen and oxygen atoms in total. The number of halogens is 4. The van der Waals surface area contributed by atoms with E-state index in [1.807, 2.05) is 6.92 Å². The van der Waals surface area contributed by atoms with E-state index in [9.17, 15) is 13.2 Å². The molecule has 0 saturated heterocycles. The smallest absolute Gasteiger partial charge is 0.368 e. The highest BCUT2D eigenvalue weighted by Crippen LogP contribution is 2.32. The van der Waals surface area contributed by atoms with E-state index in [2.05, 4.69) is 15.3 Å². The number of nitrogens with zero attached hydrogens (tertiary/aromatic N) is 2. The Kier molecular flexibility index (Phi) is 4.32. The van der Waals surface area contributed by atoms with Crippen LogP contribution in [0.5, 0.6) is 0 Å². The first-order valence-corrected chi connectivity index (χ1v) is 6.57. The number of fused-ring (bicyclic) bond motifs is 1. The zero-order chi connectivity index (χ0) is 14.8. The second-order valence-corrected chi connectivity index (χ2v) is 4.75. The van der Waals surface area contributed by atoms with E-state index in [1.54, 1.807) is 0 Å². The van der Waals surface area contributed by atoms with Crippen LogP contribution in [-0.2, 0) is 6.18 Å². The van der Waals surface area contributed by atoms with Gasteiger partial charge in [-0.15, -0.1) is 0 Å². The summed E-state index contributed by atoms with van der Waals surface area (Å²) in [7, 11) is 0. The highest BCUT2D eigenvalue weighted by atomic mass is 35.5. The zero-order valence-electron chi connectivity index (χ0n) is 10.8. The number of pyridine rings is 2. The molecule has 0 aliphatic rings. The monoisotopic (exact) mass is 303 g/mol. The summed E-state index contributed by atoms with van der Waals surface area (Å²) < 4.78 is 38.0. The van der Waals surface area contributed by atoms with Gasteiger partial charge in [-0.05, 0) is 18.6 Å². The second-order valence-electron chi connectivity index (χ2n) is 4.37. The van der Waals surface area contributed by atoms with Crippen molar-refractivity contribution in [1.82, 2.24) is 9.97 Å². The Hall–Kier alpha value is -1.56. The molecule has 1 N–H and O–H groups in total. The minimum Gasteiger partial charge on any atom is -0.368 e. The van der Waals surface area contributed by atoms with Gasteiger partial charge in [0.1, 0.15) is 10.7 Å². The molecule has 0 aliphatic heterocycles. The number of unbranched alkanes of at least 4 members (excludes halogenated alkanes) is 1. The van der Waals surface area contributed by atoms with Crippen LogP contribution in [0.1, 0.15) is 25.3 Å². The lowest BCUT2D eigenvalue weighted by atomic mass is 10.2. The van der Waals surface area contributed by atoms with Gasteiger partial charge < -0.3 is 5.32 Å². The minimum atomic E-state index is -4.42. The Morgan fingerprint density at radius 2 is 2.05 bits per heavy atom. The fourth-order valence-electron chi connectivity index (χ4n) is 1.77. The predicted molar refractivity (Wildman–Crippen MR) is 72.9 cm³/mol. The molecule has 0 radical (unpaired) electrons. The molecule has 2 aromatic rings. The highest BCUT2D eigenvalue weighted by Gasteiger charge is 2.31. The van der Waals surface area contributed by atoms with Gasteiger partial charge in [0.05, 0.1) is 5.56 Å². The van der Waals surface area contributed by atoms with E-state index in [-0.39, 0.29) is 5.15 Å². The van der Waals surface area contributed by atoms with Gasteiger partial charge in [0, 0.05) is 18.1 Å². The van der Waals surface area contributed by atoms with Gasteiger partial charge in [-0.3, -0.25) is 4.98 Å². The second kappa shape index (κ2) is 5.83. The van der Waals surface area contributed by atoms with Gasteiger partial charge in [-0.2, -0.15) is 13.2 Å². The van der Waals surface area contributed by atoms with Crippen LogP contribution in [0.25, 0.3) is 10.9 Å². The summed E-state index contributed by atoms with van der Waals surface area (Å²) >= 11 is 5.84. The van der Waals surface area contributed by atoms with E-state index in [4.69, 9.17) is 11.6 Å². The highest BCUT2D eigenvalue weighted by molar-refractivity contribution is 6.30. The first-order valence-electron chi connectivity index (χ1n) is 6.19. The SMILES string of the molecule is CCCCNc1nc(Cl)cc2cc(C(F)(F)F)cnc12. The predicted octanol–water partition coefficient (Wildman–Crippen LogP) is 4.51. The van der Waals surface area contributed by atoms with Gasteiger partial charge in [0.15, 0.2) is 5.82 Å². The molecule has 0 fully saturated rings. The van der Waals surface area contributed by atoms with Crippen LogP contribution in [0, 0.1) is 0 Å². The van der Waals surface area contributed by atoms with E-state index < -0.39 is 11.7 Å². The Morgan fingerprint density at radius 1 is 1.30 bits per heavy atom. The summed E-state index contributed by atoms with van der Waals surface area (Å²) in [5.74, 6) is 0.412. The van der Waals surface area contributed by atoms with Gasteiger partial charge in [-0.1, -0.05) is 24.9 Å². The lowest BCUT2D eigenvalue weighted by Gasteiger charge is -2.11. The van der Waals surface area contributed by atoms with Crippen molar-refractivity contribution in [3.05, 3.63) is 29.0 Å². The molecule has 20 heavy (non-hydrogen) atoms. The molecular weight excluding hydrogens is 291 g/mol. The molecule has 0 amide bonds. The van der Waals surface area contributed by atoms with Crippen LogP contribution >= 0.6 is 11.6 Å². The number of hydrogen-bond acceptors (Lipinski definition) is 3. The first kappa shape index (κ1) is 14.8. The number of alkyl halides is 3. The van der Waals surface area contributed by atoms with Crippen molar-refractivity contribution in [3.63, 3.8) is 0 Å². The van der Waals surface area contributed by atoms with Crippen molar-refractivity contribution >= 4 is 28.3 Å². The van der Waals surface area contributed by atoms with Gasteiger partial charge in [0.25, 0.3) is 0 Å². The summed E-state index contributed by atoms with van der Waals surface area (Å²) in [6.07, 6.45) is -1.69. The van der Waals surface area contributed by atoms with Crippen molar-refractivity contribution < 1.29 is 13.2 Å². The molecule has 0 aromatic carbocycles. The molecule has 0 spiro atoms. The number of anilines is 1. The van der Waals surface area contributed by atoms with Crippen molar-refractivity contribution in [2.24, 2.45) is 0 Å². The molecule has 0 saturated carbocycles. The third kappa shape index (κ3) is 3.30. The average Bonchev–Trinajstić information content (AvgIpc) is 2.37. The molecule has 0 aliphatic carbocycles. The lowest BCUT2D eigenvalue weighted by Crippen LogP contribution is -2.07. The molecule has 2 heterocycles. The van der Waals surface area contributed by atoms with Gasteiger partial charge in [-0.25, -0.2) is 4.98 Å². The van der Waals surface area contributed by atoms with Crippen LogP contribution in [0.3, 0.4) is 0 Å². The molecule has 2 aromatic heterocycles. The molecule has 0 atom stereocenters. The number of nitrogens with one attached hydrogen (secondary N) is 1. The van der Waals surface area contributed by atoms with Crippen molar-refractivity contribution in [2.75, 3.05) is 11.9 Å². The van der Waals surface area contributed by atoms with E-state index in [1.165, 1.54) is 6.07 Å². The summed E-state index contributed by atoms with van der Waals surface area (Å²) in [6.45, 7) is 2.71. The maximum absolute atomic E-state index is 12.7. The standard InChI is InChI=1S/C13H13ClF3N3/c1-2-3-4-18-12-11-8(6-10(14)20-12)5-9(7-19-11)13(15,16)17/h5-7H,2-4H2,1H3,(H,18,20). The van der Waals surface area contributed by atoms with Crippen LogP contribution < -0.4 is 5.32 Å². The zero-order valence-corrected chi connectivity index (χ0v) is 11.5. The normalized spacial score (nSPS) is 11.8. The Morgan fingerprint density at radius 3 is 2.70 bits per heavy atom. The van der Waals surface area contributed by atoms with Crippen molar-refractivity contribution in [1.29, 1.82) is 0 Å². The summed E-state index contributed by atoms with van der Waals surface area (Å²) in [5, 5.41) is 3.50. The molecule has 0 bridgehead atoms. The van der Waals surface area contributed by atoms with Gasteiger partial charge in [0.2, 0.25) is 0 Å². The lowest BCUT2D eigenvalue weighted by molar-refractivity contribution is -0.137. The number of hydrogen-bond donors (Lipinski definition) is 1. The maximum atomic E-state index is 12.7. The largest absolute Gasteiger partial charge is 0.417 e. The topological polar surface area (TPSA) is 37.8 Å². The van der Waals surface area contributed by atoms with Crippen molar-refractivity contribution in [3.8, 4) is 0 Å². The number of rotatable bonds is 4. The summed E-state index contributed by atoms with van der Waals surface area (Å²) in [5.41, 5.74) is -0.412. The van der Waals surface area contributed by atoms with E-state index >= 15 is 0 Å². The quantitative estimate of drug-likeness (QED) is 0.667. The maximum Gasteiger partial charge on any atom is 0.417 e. The first-order chi connectivity index (χ1) is 9.41. The van der Waals surface area contributed by atoms with E-state index in [0.29, 0.717) is 23.3 Å². The Labute approximate surface area is 119 Å². The third-order valence-corrected chi connectivity index (χ3v) is 2.98. The Bertz CT molecular complexity index is 614. The molecular formula is C13H13ClF3N3. The molecule has 2 rings (SSSR count). The summed E-state index contributed by atoms with van der Waals surface area (Å²) in [6, 6.07) is 2.41. The summed E-state index contributed by atoms with van der Waals surface area (Å²) in [4.78, 5) is 7.94. The average molecular weight is 304 g/mol. The van der Waals surface area contributed by atoms with E-state index in [0.717, 1.165) is 25.1 Å². The van der Waals surface area contributed by atoms with Crippen LogP contribution in [0.15, 0.2) is 18.3 Å². The van der Waals surface area contributed by atoms with Crippen molar-refractivity contribution in [2.45, 2.75) is 25.9 Å². The minimum absolute atomic E-state index is 0.137. The Balaban J connectivity index is 2.44. The fourth-order valence-corrected chi connectivity index (χ4v) is 1.97. The molecule has 108 valence electrons. The van der Waals surface area contributed by atoms with Crippen LogP contribution in [0.2, 0.25) is 5.15 Å². The number of aromatic nitrogens is 2. The molecule has 7 heteroatoms. The third-order valence-electron chi connectivity index (χ3n) is 2.78. The fraction of sp³-hybridized carbons (Fsp3) is 0.385. The van der Waals surface area contributed by atoms with Crippen LogP contribution in [-0.4, -0.2) is 16.5 Å².